The van der Waals surface area contributed by atoms with E-state index < -0.39 is 0 Å². The van der Waals surface area contributed by atoms with Gasteiger partial charge in [-0.1, -0.05) is 0 Å². The highest BCUT2D eigenvalue weighted by Gasteiger charge is 2.28. The molecule has 6 heteroatoms. The number of nitrogens with one attached hydrogen (secondary N) is 2. The van der Waals surface area contributed by atoms with Crippen molar-refractivity contribution in [1.82, 2.24) is 15.6 Å². The first-order valence-electron chi connectivity index (χ1n) is 5.85. The summed E-state index contributed by atoms with van der Waals surface area (Å²) in [5, 5.41) is 5.49. The van der Waals surface area contributed by atoms with Crippen LogP contribution in [0.15, 0.2) is 22.8 Å². The van der Waals surface area contributed by atoms with Gasteiger partial charge >= 0.3 is 0 Å². The Bertz CT molecular complexity index is 460. The first-order valence-corrected chi connectivity index (χ1v) is 6.64. The number of carbonyl (C=O) groups excluding carboxylic acids is 2. The summed E-state index contributed by atoms with van der Waals surface area (Å²) in [6.07, 6.45) is 3.53. The summed E-state index contributed by atoms with van der Waals surface area (Å²) in [5.41, 5.74) is 0.353. The van der Waals surface area contributed by atoms with E-state index in [1.807, 2.05) is 0 Å². The quantitative estimate of drug-likeness (QED) is 0.800. The summed E-state index contributed by atoms with van der Waals surface area (Å²) in [7, 11) is 0. The topological polar surface area (TPSA) is 71.1 Å². The number of pyridine rings is 1. The molecule has 0 radical (unpaired) electrons. The fraction of sp³-hybridized carbons (Fsp3) is 0.417. The minimum Gasteiger partial charge on any atom is -0.354 e. The summed E-state index contributed by atoms with van der Waals surface area (Å²) in [5.74, 6) is 0.0389. The molecule has 1 aromatic rings. The predicted molar refractivity (Wildman–Crippen MR) is 70.0 cm³/mol. The second-order valence-electron chi connectivity index (χ2n) is 4.16. The zero-order valence-corrected chi connectivity index (χ0v) is 11.4. The van der Waals surface area contributed by atoms with Crippen LogP contribution in [0.25, 0.3) is 0 Å². The SMILES string of the molecule is O=C(NCCNC(=O)C1CC1)c1ncccc1Br. The van der Waals surface area contributed by atoms with Gasteiger partial charge in [0.25, 0.3) is 5.91 Å². The van der Waals surface area contributed by atoms with E-state index in [1.165, 1.54) is 0 Å². The lowest BCUT2D eigenvalue weighted by atomic mass is 10.3. The maximum absolute atomic E-state index is 11.7. The number of rotatable bonds is 5. The summed E-state index contributed by atoms with van der Waals surface area (Å²) in [6, 6.07) is 3.51. The smallest absolute Gasteiger partial charge is 0.271 e. The molecule has 0 spiro atoms. The van der Waals surface area contributed by atoms with Gasteiger partial charge in [0.05, 0.1) is 0 Å². The molecule has 1 aliphatic rings. The van der Waals surface area contributed by atoms with Crippen molar-refractivity contribution in [3.8, 4) is 0 Å². The number of aromatic nitrogens is 1. The third-order valence-electron chi connectivity index (χ3n) is 2.63. The van der Waals surface area contributed by atoms with Gasteiger partial charge in [0.15, 0.2) is 0 Å². The van der Waals surface area contributed by atoms with Gasteiger partial charge in [-0.2, -0.15) is 0 Å². The second-order valence-corrected chi connectivity index (χ2v) is 5.01. The fourth-order valence-corrected chi connectivity index (χ4v) is 1.92. The number of hydrogen-bond acceptors (Lipinski definition) is 3. The highest BCUT2D eigenvalue weighted by atomic mass is 79.9. The lowest BCUT2D eigenvalue weighted by Gasteiger charge is -2.07. The predicted octanol–water partition coefficient (Wildman–Crippen LogP) is 1.10. The van der Waals surface area contributed by atoms with Crippen LogP contribution in [-0.4, -0.2) is 29.9 Å². The summed E-state index contributed by atoms with van der Waals surface area (Å²) >= 11 is 3.26. The van der Waals surface area contributed by atoms with Crippen LogP contribution in [0.2, 0.25) is 0 Å². The van der Waals surface area contributed by atoms with E-state index in [0.717, 1.165) is 12.8 Å². The van der Waals surface area contributed by atoms with Crippen molar-refractivity contribution in [2.24, 2.45) is 5.92 Å². The van der Waals surface area contributed by atoms with Crippen LogP contribution in [0.5, 0.6) is 0 Å². The van der Waals surface area contributed by atoms with Crippen LogP contribution in [0.4, 0.5) is 0 Å². The van der Waals surface area contributed by atoms with Gasteiger partial charge in [-0.3, -0.25) is 9.59 Å². The van der Waals surface area contributed by atoms with E-state index >= 15 is 0 Å². The van der Waals surface area contributed by atoms with Crippen LogP contribution >= 0.6 is 15.9 Å². The first kappa shape index (κ1) is 13.0. The molecule has 0 bridgehead atoms. The van der Waals surface area contributed by atoms with Crippen molar-refractivity contribution >= 4 is 27.7 Å². The van der Waals surface area contributed by atoms with Gasteiger partial charge in [-0.15, -0.1) is 0 Å². The first-order chi connectivity index (χ1) is 8.68. The van der Waals surface area contributed by atoms with E-state index in [0.29, 0.717) is 23.3 Å². The van der Waals surface area contributed by atoms with Crippen molar-refractivity contribution in [2.75, 3.05) is 13.1 Å². The van der Waals surface area contributed by atoms with Gasteiger partial charge in [0.2, 0.25) is 5.91 Å². The molecule has 5 nitrogen and oxygen atoms in total. The van der Waals surface area contributed by atoms with Crippen LogP contribution in [-0.2, 0) is 4.79 Å². The third-order valence-corrected chi connectivity index (χ3v) is 3.27. The molecule has 0 unspecified atom stereocenters. The molecule has 2 rings (SSSR count). The Hall–Kier alpha value is -1.43. The minimum atomic E-state index is -0.247. The van der Waals surface area contributed by atoms with Gasteiger partial charge in [-0.05, 0) is 40.9 Å². The molecule has 1 heterocycles. The zero-order chi connectivity index (χ0) is 13.0. The average molecular weight is 312 g/mol. The van der Waals surface area contributed by atoms with Crippen LogP contribution in [0.1, 0.15) is 23.3 Å². The molecule has 1 saturated carbocycles. The van der Waals surface area contributed by atoms with E-state index in [1.54, 1.807) is 18.3 Å². The van der Waals surface area contributed by atoms with Crippen molar-refractivity contribution in [3.05, 3.63) is 28.5 Å². The molecule has 0 aliphatic heterocycles. The molecule has 1 fully saturated rings. The van der Waals surface area contributed by atoms with Crippen molar-refractivity contribution in [1.29, 1.82) is 0 Å². The summed E-state index contributed by atoms with van der Waals surface area (Å²) in [4.78, 5) is 27.1. The molecule has 1 aliphatic carbocycles. The Morgan fingerprint density at radius 3 is 2.72 bits per heavy atom. The molecule has 0 saturated heterocycles. The Labute approximate surface area is 113 Å². The van der Waals surface area contributed by atoms with E-state index in [9.17, 15) is 9.59 Å². The van der Waals surface area contributed by atoms with E-state index in [-0.39, 0.29) is 17.7 Å². The molecule has 0 aromatic carbocycles. The second kappa shape index (κ2) is 5.95. The molecule has 2 N–H and O–H groups in total. The van der Waals surface area contributed by atoms with Gasteiger partial charge in [-0.25, -0.2) is 4.98 Å². The van der Waals surface area contributed by atoms with Crippen molar-refractivity contribution < 1.29 is 9.59 Å². The largest absolute Gasteiger partial charge is 0.354 e. The molecular formula is C12H14BrN3O2. The maximum atomic E-state index is 11.7. The zero-order valence-electron chi connectivity index (χ0n) is 9.78. The Balaban J connectivity index is 1.71. The average Bonchev–Trinajstić information content (AvgIpc) is 3.19. The molecule has 0 atom stereocenters. The van der Waals surface area contributed by atoms with Gasteiger partial charge in [0.1, 0.15) is 5.69 Å². The number of nitrogens with zero attached hydrogens (tertiary/aromatic N) is 1. The number of carbonyl (C=O) groups is 2. The Kier molecular flexibility index (Phi) is 4.30. The third kappa shape index (κ3) is 3.53. The normalized spacial score (nSPS) is 14.1. The summed E-state index contributed by atoms with van der Waals surface area (Å²) in [6.45, 7) is 0.853. The standard InChI is InChI=1S/C12H14BrN3O2/c13-9-2-1-5-14-10(9)12(18)16-7-6-15-11(17)8-3-4-8/h1-2,5,8H,3-4,6-7H2,(H,15,17)(H,16,18). The van der Waals surface area contributed by atoms with Crippen molar-refractivity contribution in [2.45, 2.75) is 12.8 Å². The summed E-state index contributed by atoms with van der Waals surface area (Å²) < 4.78 is 0.657. The van der Waals surface area contributed by atoms with Gasteiger partial charge < -0.3 is 10.6 Å². The van der Waals surface area contributed by atoms with Crippen LogP contribution in [0, 0.1) is 5.92 Å². The minimum absolute atomic E-state index is 0.0864. The fourth-order valence-electron chi connectivity index (χ4n) is 1.49. The van der Waals surface area contributed by atoms with Gasteiger partial charge in [0, 0.05) is 29.7 Å². The highest BCUT2D eigenvalue weighted by molar-refractivity contribution is 9.10. The van der Waals surface area contributed by atoms with Crippen molar-refractivity contribution in [3.63, 3.8) is 0 Å². The van der Waals surface area contributed by atoms with E-state index in [2.05, 4.69) is 31.5 Å². The molecule has 96 valence electrons. The number of amides is 2. The molecule has 18 heavy (non-hydrogen) atoms. The highest BCUT2D eigenvalue weighted by Crippen LogP contribution is 2.28. The van der Waals surface area contributed by atoms with E-state index in [4.69, 9.17) is 0 Å². The molecular weight excluding hydrogens is 298 g/mol. The molecule has 1 aromatic heterocycles. The monoisotopic (exact) mass is 311 g/mol. The lowest BCUT2D eigenvalue weighted by molar-refractivity contribution is -0.122. The van der Waals surface area contributed by atoms with Crippen LogP contribution in [0.3, 0.4) is 0 Å². The maximum Gasteiger partial charge on any atom is 0.271 e. The van der Waals surface area contributed by atoms with Crippen LogP contribution < -0.4 is 10.6 Å². The number of hydrogen-bond donors (Lipinski definition) is 2. The number of halogens is 1. The molecule has 2 amide bonds. The Morgan fingerprint density at radius 1 is 1.33 bits per heavy atom. The Morgan fingerprint density at radius 2 is 2.06 bits per heavy atom. The lowest BCUT2D eigenvalue weighted by Crippen LogP contribution is -2.35.